The fraction of sp³-hybridized carbons (Fsp3) is 0.423. The largest absolute Gasteiger partial charge is 0.481 e. The first-order valence-electron chi connectivity index (χ1n) is 11.5. The third-order valence-electron chi connectivity index (χ3n) is 6.04. The number of rotatable bonds is 11. The highest BCUT2D eigenvalue weighted by Crippen LogP contribution is 2.44. The van der Waals surface area contributed by atoms with E-state index in [0.717, 1.165) is 17.5 Å². The Kier molecular flexibility index (Phi) is 8.46. The summed E-state index contributed by atoms with van der Waals surface area (Å²) in [6, 6.07) is 15.9. The molecule has 1 aliphatic rings. The Morgan fingerprint density at radius 2 is 1.61 bits per heavy atom. The van der Waals surface area contributed by atoms with Crippen LogP contribution in [0, 0.1) is 5.92 Å². The van der Waals surface area contributed by atoms with Gasteiger partial charge in [-0.05, 0) is 35.1 Å². The zero-order chi connectivity index (χ0) is 23.8. The van der Waals surface area contributed by atoms with Crippen molar-refractivity contribution in [1.29, 1.82) is 0 Å². The van der Waals surface area contributed by atoms with Gasteiger partial charge in [-0.15, -0.1) is 0 Å². The van der Waals surface area contributed by atoms with Gasteiger partial charge in [-0.25, -0.2) is 4.79 Å². The molecule has 2 atom stereocenters. The molecule has 0 radical (unpaired) electrons. The van der Waals surface area contributed by atoms with E-state index in [0.29, 0.717) is 19.4 Å². The Morgan fingerprint density at radius 1 is 1.00 bits per heavy atom. The molecule has 0 saturated carbocycles. The number of carboxylic acid groups (broad SMARTS) is 1. The summed E-state index contributed by atoms with van der Waals surface area (Å²) >= 11 is 0. The van der Waals surface area contributed by atoms with Crippen molar-refractivity contribution in [1.82, 2.24) is 10.6 Å². The van der Waals surface area contributed by atoms with Crippen molar-refractivity contribution in [3.63, 3.8) is 0 Å². The van der Waals surface area contributed by atoms with Crippen LogP contribution in [0.5, 0.6) is 0 Å². The number of nitrogens with one attached hydrogen (secondary N) is 2. The fourth-order valence-corrected chi connectivity index (χ4v) is 4.30. The SMILES string of the molecule is CCC[C@@H](CC(=O)O)NC(=O)C(C)CCNC(=O)OCC1c2ccccc2-c2ccccc21. The molecule has 0 aromatic heterocycles. The van der Waals surface area contributed by atoms with Crippen molar-refractivity contribution in [2.75, 3.05) is 13.2 Å². The van der Waals surface area contributed by atoms with Crippen molar-refractivity contribution in [3.8, 4) is 11.1 Å². The standard InChI is InChI=1S/C26H32N2O5/c1-3-8-18(15-24(29)30)28-25(31)17(2)13-14-27-26(32)33-16-23-21-11-6-4-9-19(21)20-10-5-7-12-22(20)23/h4-7,9-12,17-18,23H,3,8,13-16H2,1-2H3,(H,27,32)(H,28,31)(H,29,30)/t17?,18-/m0/s1. The highest BCUT2D eigenvalue weighted by atomic mass is 16.5. The Morgan fingerprint density at radius 3 is 2.18 bits per heavy atom. The van der Waals surface area contributed by atoms with E-state index in [9.17, 15) is 14.4 Å². The van der Waals surface area contributed by atoms with Gasteiger partial charge in [0.1, 0.15) is 6.61 Å². The molecular formula is C26H32N2O5. The molecule has 0 aliphatic heterocycles. The molecule has 0 bridgehead atoms. The quantitative estimate of drug-likeness (QED) is 0.471. The maximum Gasteiger partial charge on any atom is 0.407 e. The number of carbonyl (C=O) groups excluding carboxylic acids is 2. The number of ether oxygens (including phenoxy) is 1. The summed E-state index contributed by atoms with van der Waals surface area (Å²) in [5.41, 5.74) is 4.65. The number of carbonyl (C=O) groups is 3. The minimum Gasteiger partial charge on any atom is -0.481 e. The third-order valence-corrected chi connectivity index (χ3v) is 6.04. The topological polar surface area (TPSA) is 105 Å². The molecule has 7 nitrogen and oxygen atoms in total. The number of amides is 2. The lowest BCUT2D eigenvalue weighted by Crippen LogP contribution is -2.40. The van der Waals surface area contributed by atoms with Crippen LogP contribution in [0.3, 0.4) is 0 Å². The van der Waals surface area contributed by atoms with Crippen LogP contribution in [0.4, 0.5) is 4.79 Å². The average Bonchev–Trinajstić information content (AvgIpc) is 3.11. The highest BCUT2D eigenvalue weighted by Gasteiger charge is 2.29. The van der Waals surface area contributed by atoms with Gasteiger partial charge in [0.25, 0.3) is 0 Å². The Labute approximate surface area is 194 Å². The predicted molar refractivity (Wildman–Crippen MR) is 126 cm³/mol. The van der Waals surface area contributed by atoms with Crippen LogP contribution in [-0.4, -0.2) is 42.3 Å². The second-order valence-corrected chi connectivity index (χ2v) is 8.53. The molecule has 1 aliphatic carbocycles. The molecule has 2 aromatic rings. The van der Waals surface area contributed by atoms with Crippen LogP contribution in [0.2, 0.25) is 0 Å². The number of benzene rings is 2. The summed E-state index contributed by atoms with van der Waals surface area (Å²) < 4.78 is 5.51. The lowest BCUT2D eigenvalue weighted by molar-refractivity contribution is -0.137. The van der Waals surface area contributed by atoms with Gasteiger partial charge in [-0.1, -0.05) is 68.8 Å². The Hall–Kier alpha value is -3.35. The second kappa shape index (κ2) is 11.5. The van der Waals surface area contributed by atoms with Crippen LogP contribution >= 0.6 is 0 Å². The lowest BCUT2D eigenvalue weighted by atomic mass is 9.98. The summed E-state index contributed by atoms with van der Waals surface area (Å²) in [7, 11) is 0. The molecule has 0 heterocycles. The van der Waals surface area contributed by atoms with Gasteiger partial charge in [0.05, 0.1) is 6.42 Å². The van der Waals surface area contributed by atoms with Gasteiger partial charge >= 0.3 is 12.1 Å². The monoisotopic (exact) mass is 452 g/mol. The van der Waals surface area contributed by atoms with E-state index in [1.165, 1.54) is 11.1 Å². The fourth-order valence-electron chi connectivity index (χ4n) is 4.30. The Bertz CT molecular complexity index is 945. The van der Waals surface area contributed by atoms with Gasteiger partial charge in [0, 0.05) is 24.4 Å². The van der Waals surface area contributed by atoms with Gasteiger partial charge in [-0.3, -0.25) is 9.59 Å². The number of hydrogen-bond donors (Lipinski definition) is 3. The lowest BCUT2D eigenvalue weighted by Gasteiger charge is -2.19. The molecule has 3 N–H and O–H groups in total. The average molecular weight is 453 g/mol. The molecule has 3 rings (SSSR count). The van der Waals surface area contributed by atoms with Gasteiger partial charge in [-0.2, -0.15) is 0 Å². The minimum absolute atomic E-state index is 0.00224. The molecule has 0 fully saturated rings. The van der Waals surface area contributed by atoms with Crippen molar-refractivity contribution in [2.45, 2.75) is 51.5 Å². The van der Waals surface area contributed by atoms with E-state index in [1.807, 2.05) is 31.2 Å². The van der Waals surface area contributed by atoms with Crippen molar-refractivity contribution < 1.29 is 24.2 Å². The summed E-state index contributed by atoms with van der Waals surface area (Å²) in [5.74, 6) is -1.49. The summed E-state index contributed by atoms with van der Waals surface area (Å²) in [6.07, 6.45) is 1.23. The van der Waals surface area contributed by atoms with Crippen LogP contribution < -0.4 is 10.6 Å². The maximum absolute atomic E-state index is 12.4. The Balaban J connectivity index is 1.45. The number of fused-ring (bicyclic) bond motifs is 3. The number of alkyl carbamates (subject to hydrolysis) is 1. The summed E-state index contributed by atoms with van der Waals surface area (Å²) in [4.78, 5) is 35.6. The van der Waals surface area contributed by atoms with Crippen LogP contribution in [-0.2, 0) is 14.3 Å². The normalized spacial score (nSPS) is 14.0. The van der Waals surface area contributed by atoms with Crippen molar-refractivity contribution >= 4 is 18.0 Å². The van der Waals surface area contributed by atoms with E-state index in [-0.39, 0.29) is 36.8 Å². The highest BCUT2D eigenvalue weighted by molar-refractivity contribution is 5.80. The van der Waals surface area contributed by atoms with Gasteiger partial charge in [0.15, 0.2) is 0 Å². The molecule has 1 unspecified atom stereocenters. The van der Waals surface area contributed by atoms with Crippen LogP contribution in [0.1, 0.15) is 56.6 Å². The predicted octanol–water partition coefficient (Wildman–Crippen LogP) is 4.31. The minimum atomic E-state index is -0.932. The molecule has 0 spiro atoms. The summed E-state index contributed by atoms with van der Waals surface area (Å²) in [5, 5.41) is 14.5. The van der Waals surface area contributed by atoms with E-state index in [1.54, 1.807) is 6.92 Å². The smallest absolute Gasteiger partial charge is 0.407 e. The van der Waals surface area contributed by atoms with E-state index >= 15 is 0 Å². The van der Waals surface area contributed by atoms with E-state index < -0.39 is 12.1 Å². The van der Waals surface area contributed by atoms with Crippen LogP contribution in [0.25, 0.3) is 11.1 Å². The van der Waals surface area contributed by atoms with Gasteiger partial charge < -0.3 is 20.5 Å². The van der Waals surface area contributed by atoms with E-state index in [4.69, 9.17) is 9.84 Å². The molecule has 2 amide bonds. The number of hydrogen-bond acceptors (Lipinski definition) is 4. The first kappa shape index (κ1) is 24.3. The molecular weight excluding hydrogens is 420 g/mol. The first-order valence-corrected chi connectivity index (χ1v) is 11.5. The molecule has 33 heavy (non-hydrogen) atoms. The maximum atomic E-state index is 12.4. The van der Waals surface area contributed by atoms with Crippen molar-refractivity contribution in [3.05, 3.63) is 59.7 Å². The number of carboxylic acids is 1. The van der Waals surface area contributed by atoms with Gasteiger partial charge in [0.2, 0.25) is 5.91 Å². The van der Waals surface area contributed by atoms with E-state index in [2.05, 4.69) is 34.9 Å². The third kappa shape index (κ3) is 6.34. The zero-order valence-electron chi connectivity index (χ0n) is 19.2. The molecule has 0 saturated heterocycles. The zero-order valence-corrected chi connectivity index (χ0v) is 19.2. The van der Waals surface area contributed by atoms with Crippen LogP contribution in [0.15, 0.2) is 48.5 Å². The van der Waals surface area contributed by atoms with Crippen molar-refractivity contribution in [2.24, 2.45) is 5.92 Å². The molecule has 7 heteroatoms. The molecule has 176 valence electrons. The molecule has 2 aromatic carbocycles. The second-order valence-electron chi connectivity index (χ2n) is 8.53. The number of aliphatic carboxylic acids is 1. The first-order chi connectivity index (χ1) is 15.9. The summed E-state index contributed by atoms with van der Waals surface area (Å²) in [6.45, 7) is 4.24.